The topological polar surface area (TPSA) is 133 Å². The lowest BCUT2D eigenvalue weighted by Gasteiger charge is -2.40. The summed E-state index contributed by atoms with van der Waals surface area (Å²) in [4.78, 5) is 24.2. The number of nitrogens with two attached hydrogens (primary N) is 1. The van der Waals surface area contributed by atoms with Crippen molar-refractivity contribution in [3.63, 3.8) is 0 Å². The van der Waals surface area contributed by atoms with Crippen molar-refractivity contribution >= 4 is 23.6 Å². The molecule has 2 rings (SSSR count). The molecule has 1 heterocycles. The molecule has 1 saturated heterocycles. The third kappa shape index (κ3) is 8.00. The van der Waals surface area contributed by atoms with Gasteiger partial charge in [0.1, 0.15) is 18.0 Å². The van der Waals surface area contributed by atoms with Gasteiger partial charge in [0.25, 0.3) is 0 Å². The summed E-state index contributed by atoms with van der Waals surface area (Å²) in [6, 6.07) is 6.53. The van der Waals surface area contributed by atoms with E-state index in [0.29, 0.717) is 17.7 Å². The lowest BCUT2D eigenvalue weighted by Crippen LogP contribution is -2.47. The highest BCUT2D eigenvalue weighted by atomic mass is 16.7. The highest BCUT2D eigenvalue weighted by Crippen LogP contribution is 2.29. The minimum atomic E-state index is -0.938. The average Bonchev–Trinajstić information content (AvgIpc) is 2.57. The van der Waals surface area contributed by atoms with E-state index in [0.717, 1.165) is 0 Å². The molecule has 0 radical (unpaired) electrons. The first-order valence-corrected chi connectivity index (χ1v) is 9.79. The van der Waals surface area contributed by atoms with Gasteiger partial charge in [-0.15, -0.1) is 0 Å². The van der Waals surface area contributed by atoms with Gasteiger partial charge < -0.3 is 24.7 Å². The molecule has 0 unspecified atom stereocenters. The molecule has 1 aromatic carbocycles. The van der Waals surface area contributed by atoms with Crippen molar-refractivity contribution in [1.29, 1.82) is 5.41 Å². The van der Waals surface area contributed by atoms with Crippen LogP contribution in [0.3, 0.4) is 0 Å². The van der Waals surface area contributed by atoms with Gasteiger partial charge >= 0.3 is 12.1 Å². The fourth-order valence-corrected chi connectivity index (χ4v) is 3.04. The lowest BCUT2D eigenvalue weighted by atomic mass is 10.1. The monoisotopic (exact) mass is 421 g/mol. The van der Waals surface area contributed by atoms with E-state index in [1.807, 2.05) is 0 Å². The Labute approximate surface area is 176 Å². The first-order chi connectivity index (χ1) is 13.8. The molecule has 0 aliphatic carbocycles. The fourth-order valence-electron chi connectivity index (χ4n) is 3.04. The van der Waals surface area contributed by atoms with Crippen LogP contribution < -0.4 is 11.1 Å². The summed E-state index contributed by atoms with van der Waals surface area (Å²) >= 11 is 0. The van der Waals surface area contributed by atoms with Crippen LogP contribution in [0.15, 0.2) is 24.3 Å². The van der Waals surface area contributed by atoms with Gasteiger partial charge in [0, 0.05) is 17.7 Å². The number of hydrogen-bond acceptors (Lipinski definition) is 8. The number of carbonyl (C=O) groups is 2. The lowest BCUT2D eigenvalue weighted by molar-refractivity contribution is -0.303. The van der Waals surface area contributed by atoms with Crippen LogP contribution in [-0.2, 0) is 23.7 Å². The van der Waals surface area contributed by atoms with Gasteiger partial charge in [-0.05, 0) is 58.9 Å². The number of nitrogens with one attached hydrogen (secondary N) is 2. The van der Waals surface area contributed by atoms with E-state index in [4.69, 9.17) is 30.1 Å². The molecule has 9 nitrogen and oxygen atoms in total. The molecule has 30 heavy (non-hydrogen) atoms. The standard InChI is InChI=1S/C21H31N3O6/c1-20(2,3)30-17(25)11-15-10-16(29-21(4,5)28-15)12-27-19(26)24-18(23)13-6-8-14(22)9-7-13/h6-9,15-16H,10-12,22H2,1-5H3,(H2,23,24,26)/t15-,16+/m1/s1. The maximum Gasteiger partial charge on any atom is 0.412 e. The zero-order valence-corrected chi connectivity index (χ0v) is 18.1. The molecule has 0 spiro atoms. The van der Waals surface area contributed by atoms with Gasteiger partial charge in [-0.25, -0.2) is 4.79 Å². The SMILES string of the molecule is CC(C)(C)OC(=O)C[C@H]1C[C@@H](COC(=O)NC(=N)c2ccc(N)cc2)OC(C)(C)O1. The Morgan fingerprint density at radius 2 is 1.80 bits per heavy atom. The molecule has 1 aliphatic heterocycles. The molecule has 1 amide bonds. The van der Waals surface area contributed by atoms with E-state index >= 15 is 0 Å². The molecule has 9 heteroatoms. The first kappa shape index (κ1) is 23.6. The third-order valence-corrected chi connectivity index (χ3v) is 4.07. The van der Waals surface area contributed by atoms with Crippen molar-refractivity contribution in [2.24, 2.45) is 0 Å². The van der Waals surface area contributed by atoms with Crippen molar-refractivity contribution in [2.75, 3.05) is 12.3 Å². The van der Waals surface area contributed by atoms with Crippen LogP contribution in [0.5, 0.6) is 0 Å². The summed E-state index contributed by atoms with van der Waals surface area (Å²) in [5.74, 6) is -1.40. The van der Waals surface area contributed by atoms with Crippen LogP contribution in [-0.4, -0.2) is 48.1 Å². The quantitative estimate of drug-likeness (QED) is 0.288. The number of carbonyl (C=O) groups excluding carboxylic acids is 2. The first-order valence-electron chi connectivity index (χ1n) is 9.79. The predicted octanol–water partition coefficient (Wildman–Crippen LogP) is 2.96. The van der Waals surface area contributed by atoms with Crippen LogP contribution in [0.1, 0.15) is 53.0 Å². The van der Waals surface area contributed by atoms with Crippen molar-refractivity contribution in [3.8, 4) is 0 Å². The molecule has 1 aliphatic rings. The number of amidine groups is 1. The second-order valence-electron chi connectivity index (χ2n) is 8.63. The summed E-state index contributed by atoms with van der Waals surface area (Å²) in [7, 11) is 0. The minimum Gasteiger partial charge on any atom is -0.460 e. The zero-order chi connectivity index (χ0) is 22.5. The largest absolute Gasteiger partial charge is 0.460 e. The van der Waals surface area contributed by atoms with Crippen molar-refractivity contribution < 1.29 is 28.5 Å². The van der Waals surface area contributed by atoms with Crippen LogP contribution >= 0.6 is 0 Å². The second-order valence-corrected chi connectivity index (χ2v) is 8.63. The molecular formula is C21H31N3O6. The summed E-state index contributed by atoms with van der Waals surface area (Å²) in [5.41, 5.74) is 6.11. The maximum absolute atomic E-state index is 12.1. The van der Waals surface area contributed by atoms with E-state index in [1.165, 1.54) is 0 Å². The average molecular weight is 421 g/mol. The van der Waals surface area contributed by atoms with Gasteiger partial charge in [-0.2, -0.15) is 0 Å². The maximum atomic E-state index is 12.1. The Morgan fingerprint density at radius 3 is 2.40 bits per heavy atom. The van der Waals surface area contributed by atoms with Crippen LogP contribution in [0.25, 0.3) is 0 Å². The van der Waals surface area contributed by atoms with Crippen LogP contribution in [0.2, 0.25) is 0 Å². The van der Waals surface area contributed by atoms with Gasteiger partial charge in [-0.3, -0.25) is 15.5 Å². The summed E-state index contributed by atoms with van der Waals surface area (Å²) in [6.07, 6.45) is -1.21. The normalized spacial score (nSPS) is 20.8. The molecular weight excluding hydrogens is 390 g/mol. The van der Waals surface area contributed by atoms with Crippen molar-refractivity contribution in [2.45, 2.75) is 71.1 Å². The Morgan fingerprint density at radius 1 is 1.20 bits per heavy atom. The van der Waals surface area contributed by atoms with Crippen LogP contribution in [0.4, 0.5) is 10.5 Å². The van der Waals surface area contributed by atoms with Gasteiger partial charge in [0.05, 0.1) is 18.6 Å². The Kier molecular flexibility index (Phi) is 7.44. The van der Waals surface area contributed by atoms with E-state index < -0.39 is 29.7 Å². The highest BCUT2D eigenvalue weighted by Gasteiger charge is 2.37. The Bertz CT molecular complexity index is 770. The van der Waals surface area contributed by atoms with Gasteiger partial charge in [-0.1, -0.05) is 0 Å². The molecule has 0 saturated carbocycles. The summed E-state index contributed by atoms with van der Waals surface area (Å²) in [6.45, 7) is 8.83. The van der Waals surface area contributed by atoms with Crippen LogP contribution in [0, 0.1) is 5.41 Å². The molecule has 0 aromatic heterocycles. The number of benzene rings is 1. The smallest absolute Gasteiger partial charge is 0.412 e. The highest BCUT2D eigenvalue weighted by molar-refractivity contribution is 6.04. The number of hydrogen-bond donors (Lipinski definition) is 3. The molecule has 4 N–H and O–H groups in total. The second kappa shape index (κ2) is 9.44. The number of ether oxygens (including phenoxy) is 4. The van der Waals surface area contributed by atoms with Crippen molar-refractivity contribution in [3.05, 3.63) is 29.8 Å². The Balaban J connectivity index is 1.85. The van der Waals surface area contributed by atoms with E-state index in [-0.39, 0.29) is 24.8 Å². The fraction of sp³-hybridized carbons (Fsp3) is 0.571. The van der Waals surface area contributed by atoms with E-state index in [2.05, 4.69) is 5.32 Å². The molecule has 1 fully saturated rings. The number of amides is 1. The Hall–Kier alpha value is -2.65. The van der Waals surface area contributed by atoms with Crippen molar-refractivity contribution in [1.82, 2.24) is 5.32 Å². The molecule has 166 valence electrons. The molecule has 2 atom stereocenters. The number of anilines is 1. The van der Waals surface area contributed by atoms with Gasteiger partial charge in [0.2, 0.25) is 0 Å². The predicted molar refractivity (Wildman–Crippen MR) is 111 cm³/mol. The number of nitrogen functional groups attached to an aromatic ring is 1. The number of esters is 1. The summed E-state index contributed by atoms with van der Waals surface area (Å²) < 4.78 is 22.2. The van der Waals surface area contributed by atoms with Gasteiger partial charge in [0.15, 0.2) is 5.79 Å². The minimum absolute atomic E-state index is 0.0432. The molecule has 0 bridgehead atoms. The number of alkyl carbamates (subject to hydrolysis) is 1. The number of rotatable bonds is 5. The summed E-state index contributed by atoms with van der Waals surface area (Å²) in [5, 5.41) is 10.3. The van der Waals surface area contributed by atoms with E-state index in [9.17, 15) is 9.59 Å². The van der Waals surface area contributed by atoms with E-state index in [1.54, 1.807) is 58.9 Å². The third-order valence-electron chi connectivity index (χ3n) is 4.07. The molecule has 1 aromatic rings. The zero-order valence-electron chi connectivity index (χ0n) is 18.1.